The number of furan rings is 1. The number of ether oxygens (including phenoxy) is 1. The van der Waals surface area contributed by atoms with Gasteiger partial charge in [0.25, 0.3) is 5.91 Å². The van der Waals surface area contributed by atoms with Crippen molar-refractivity contribution in [2.75, 3.05) is 7.11 Å². The third kappa shape index (κ3) is 7.48. The molecule has 0 radical (unpaired) electrons. The molecule has 9 heteroatoms. The van der Waals surface area contributed by atoms with E-state index in [-0.39, 0.29) is 36.1 Å². The van der Waals surface area contributed by atoms with Crippen LogP contribution in [0.3, 0.4) is 0 Å². The van der Waals surface area contributed by atoms with Crippen LogP contribution in [-0.4, -0.2) is 18.9 Å². The van der Waals surface area contributed by atoms with E-state index >= 15 is 0 Å². The molecule has 2 N–H and O–H groups in total. The van der Waals surface area contributed by atoms with Gasteiger partial charge < -0.3 is 19.8 Å². The molecule has 0 bridgehead atoms. The Balaban J connectivity index is 1.61. The first-order valence-electron chi connectivity index (χ1n) is 13.3. The number of hydrogen-bond donors (Lipinski definition) is 2. The molecule has 4 aromatic rings. The fraction of sp³-hybridized carbons (Fsp3) is 0.212. The van der Waals surface area contributed by atoms with Crippen molar-refractivity contribution in [2.24, 2.45) is 0 Å². The second-order valence-electron chi connectivity index (χ2n) is 9.65. The zero-order chi connectivity index (χ0) is 30.3. The summed E-state index contributed by atoms with van der Waals surface area (Å²) in [4.78, 5) is 26.1. The lowest BCUT2D eigenvalue weighted by Crippen LogP contribution is -2.24. The summed E-state index contributed by atoms with van der Waals surface area (Å²) in [5, 5.41) is 5.68. The summed E-state index contributed by atoms with van der Waals surface area (Å²) in [6.45, 7) is 4.33. The summed E-state index contributed by atoms with van der Waals surface area (Å²) < 4.78 is 50.7. The number of nitrogens with one attached hydrogen (secondary N) is 2. The number of aryl methyl sites for hydroxylation is 1. The van der Waals surface area contributed by atoms with E-state index in [1.54, 1.807) is 19.2 Å². The molecule has 218 valence electrons. The van der Waals surface area contributed by atoms with Gasteiger partial charge in [-0.15, -0.1) is 0 Å². The van der Waals surface area contributed by atoms with Crippen LogP contribution in [0.2, 0.25) is 0 Å². The van der Waals surface area contributed by atoms with E-state index in [0.29, 0.717) is 23.3 Å². The summed E-state index contributed by atoms with van der Waals surface area (Å²) in [6, 6.07) is 19.4. The van der Waals surface area contributed by atoms with Gasteiger partial charge >= 0.3 is 6.18 Å². The van der Waals surface area contributed by atoms with Gasteiger partial charge in [-0.05, 0) is 54.8 Å². The predicted molar refractivity (Wildman–Crippen MR) is 155 cm³/mol. The van der Waals surface area contributed by atoms with Crippen molar-refractivity contribution in [3.63, 3.8) is 0 Å². The Morgan fingerprint density at radius 2 is 1.48 bits per heavy atom. The van der Waals surface area contributed by atoms with Crippen LogP contribution >= 0.6 is 0 Å². The molecule has 0 aliphatic carbocycles. The minimum Gasteiger partial charge on any atom is -0.497 e. The van der Waals surface area contributed by atoms with Crippen molar-refractivity contribution in [3.8, 4) is 17.1 Å². The number of rotatable bonds is 10. The van der Waals surface area contributed by atoms with Gasteiger partial charge in [0.1, 0.15) is 17.3 Å². The first-order valence-corrected chi connectivity index (χ1v) is 13.3. The number of alkyl halides is 3. The van der Waals surface area contributed by atoms with Crippen LogP contribution in [0.1, 0.15) is 50.9 Å². The topological polar surface area (TPSA) is 80.6 Å². The summed E-state index contributed by atoms with van der Waals surface area (Å²) in [7, 11) is 1.57. The molecule has 0 fully saturated rings. The molecule has 0 aliphatic heterocycles. The molecule has 0 saturated carbocycles. The van der Waals surface area contributed by atoms with Crippen LogP contribution in [0.4, 0.5) is 13.2 Å². The minimum atomic E-state index is -4.50. The van der Waals surface area contributed by atoms with Gasteiger partial charge in [-0.2, -0.15) is 13.2 Å². The van der Waals surface area contributed by atoms with Crippen molar-refractivity contribution in [3.05, 3.63) is 118 Å². The van der Waals surface area contributed by atoms with E-state index in [1.165, 1.54) is 24.3 Å². The maximum Gasteiger partial charge on any atom is 0.416 e. The van der Waals surface area contributed by atoms with Gasteiger partial charge in [0.2, 0.25) is 5.91 Å². The molecule has 0 aliphatic rings. The number of carbonyl (C=O) groups is 2. The van der Waals surface area contributed by atoms with Crippen LogP contribution in [0.15, 0.2) is 83.3 Å². The highest BCUT2D eigenvalue weighted by atomic mass is 19.4. The Hall–Kier alpha value is -4.79. The van der Waals surface area contributed by atoms with E-state index < -0.39 is 17.6 Å². The lowest BCUT2D eigenvalue weighted by molar-refractivity contribution is -0.137. The predicted octanol–water partition coefficient (Wildman–Crippen LogP) is 7.10. The van der Waals surface area contributed by atoms with Crippen LogP contribution in [0.5, 0.6) is 5.75 Å². The average Bonchev–Trinajstić information content (AvgIpc) is 3.37. The largest absolute Gasteiger partial charge is 0.497 e. The molecule has 0 unspecified atom stereocenters. The highest BCUT2D eigenvalue weighted by Gasteiger charge is 2.31. The van der Waals surface area contributed by atoms with Crippen molar-refractivity contribution < 1.29 is 31.9 Å². The number of benzene rings is 3. The quantitative estimate of drug-likeness (QED) is 0.197. The smallest absolute Gasteiger partial charge is 0.416 e. The Kier molecular flexibility index (Phi) is 9.52. The molecular weight excluding hydrogens is 545 g/mol. The van der Waals surface area contributed by atoms with Gasteiger partial charge in [0, 0.05) is 30.3 Å². The summed E-state index contributed by atoms with van der Waals surface area (Å²) in [5.74, 6) is 0.283. The standard InChI is InChI=1S/C33H31F3N2O4/c1-4-27-28(17-18-29(39)37-19-23-9-15-26(41-3)16-10-23)42-31(24-11-13-25(14-12-24)33(34,35)36)30(27)32(40)38-20-22-7-5-21(2)6-8-22/h5-18H,4,19-20H2,1-3H3,(H,37,39)(H,38,40)/b18-17+. The summed E-state index contributed by atoms with van der Waals surface area (Å²) in [6.07, 6.45) is -1.36. The van der Waals surface area contributed by atoms with Crippen molar-refractivity contribution in [1.82, 2.24) is 10.6 Å². The number of hydrogen-bond acceptors (Lipinski definition) is 4. The monoisotopic (exact) mass is 576 g/mol. The van der Waals surface area contributed by atoms with Crippen molar-refractivity contribution in [1.29, 1.82) is 0 Å². The van der Waals surface area contributed by atoms with Crippen molar-refractivity contribution >= 4 is 17.9 Å². The van der Waals surface area contributed by atoms with E-state index in [1.807, 2.05) is 50.2 Å². The lowest BCUT2D eigenvalue weighted by Gasteiger charge is -2.09. The number of carbonyl (C=O) groups excluding carboxylic acids is 2. The van der Waals surface area contributed by atoms with Crippen LogP contribution in [-0.2, 0) is 30.5 Å². The molecule has 4 rings (SSSR count). The zero-order valence-corrected chi connectivity index (χ0v) is 23.5. The van der Waals surface area contributed by atoms with Crippen LogP contribution < -0.4 is 15.4 Å². The van der Waals surface area contributed by atoms with Crippen LogP contribution in [0.25, 0.3) is 17.4 Å². The SMILES string of the molecule is CCc1c(/C=C/C(=O)NCc2ccc(OC)cc2)oc(-c2ccc(C(F)(F)F)cc2)c1C(=O)NCc1ccc(C)cc1. The number of amides is 2. The number of methoxy groups -OCH3 is 1. The van der Waals surface area contributed by atoms with Gasteiger partial charge in [-0.3, -0.25) is 9.59 Å². The fourth-order valence-electron chi connectivity index (χ4n) is 4.34. The lowest BCUT2D eigenvalue weighted by atomic mass is 10.00. The maximum absolute atomic E-state index is 13.5. The highest BCUT2D eigenvalue weighted by molar-refractivity contribution is 6.02. The van der Waals surface area contributed by atoms with E-state index in [2.05, 4.69) is 10.6 Å². The molecule has 1 heterocycles. The molecular formula is C33H31F3N2O4. The fourth-order valence-corrected chi connectivity index (χ4v) is 4.34. The molecule has 0 saturated heterocycles. The Bertz CT molecular complexity index is 1550. The first-order chi connectivity index (χ1) is 20.1. The molecule has 1 aromatic heterocycles. The van der Waals surface area contributed by atoms with Gasteiger partial charge in [-0.25, -0.2) is 0 Å². The van der Waals surface area contributed by atoms with Crippen LogP contribution in [0, 0.1) is 6.92 Å². The number of halogens is 3. The van der Waals surface area contributed by atoms with Crippen molar-refractivity contribution in [2.45, 2.75) is 39.5 Å². The second-order valence-corrected chi connectivity index (χ2v) is 9.65. The Morgan fingerprint density at radius 1 is 0.881 bits per heavy atom. The molecule has 3 aromatic carbocycles. The second kappa shape index (κ2) is 13.2. The molecule has 0 atom stereocenters. The first kappa shape index (κ1) is 30.2. The van der Waals surface area contributed by atoms with E-state index in [4.69, 9.17) is 9.15 Å². The maximum atomic E-state index is 13.5. The summed E-state index contributed by atoms with van der Waals surface area (Å²) in [5.41, 5.74) is 3.09. The normalized spacial score (nSPS) is 11.5. The third-order valence-corrected chi connectivity index (χ3v) is 6.68. The molecule has 42 heavy (non-hydrogen) atoms. The summed E-state index contributed by atoms with van der Waals surface area (Å²) >= 11 is 0. The Labute approximate surface area is 242 Å². The third-order valence-electron chi connectivity index (χ3n) is 6.68. The highest BCUT2D eigenvalue weighted by Crippen LogP contribution is 2.35. The zero-order valence-electron chi connectivity index (χ0n) is 23.5. The van der Waals surface area contributed by atoms with Gasteiger partial charge in [0.05, 0.1) is 18.2 Å². The molecule has 0 spiro atoms. The Morgan fingerprint density at radius 3 is 2.05 bits per heavy atom. The van der Waals surface area contributed by atoms with E-state index in [9.17, 15) is 22.8 Å². The van der Waals surface area contributed by atoms with Gasteiger partial charge in [0.15, 0.2) is 0 Å². The molecule has 2 amide bonds. The average molecular weight is 577 g/mol. The van der Waals surface area contributed by atoms with E-state index in [0.717, 1.165) is 28.8 Å². The molecule has 6 nitrogen and oxygen atoms in total. The minimum absolute atomic E-state index is 0.125. The van der Waals surface area contributed by atoms with Gasteiger partial charge in [-0.1, -0.05) is 61.0 Å².